The number of carboxylic acid groups (broad SMARTS) is 1. The second-order valence-electron chi connectivity index (χ2n) is 6.36. The number of aliphatic carboxylic acids is 1. The van der Waals surface area contributed by atoms with Gasteiger partial charge in [-0.3, -0.25) is 4.79 Å². The number of carboxylic acids is 1. The molecule has 0 spiro atoms. The van der Waals surface area contributed by atoms with Crippen LogP contribution in [0.3, 0.4) is 0 Å². The molecule has 0 aliphatic carbocycles. The van der Waals surface area contributed by atoms with E-state index in [2.05, 4.69) is 0 Å². The van der Waals surface area contributed by atoms with Crippen molar-refractivity contribution in [1.82, 2.24) is 0 Å². The third-order valence-electron chi connectivity index (χ3n) is 4.35. The highest BCUT2D eigenvalue weighted by atomic mass is 35.5. The van der Waals surface area contributed by atoms with Gasteiger partial charge in [-0.2, -0.15) is 0 Å². The molecule has 0 radical (unpaired) electrons. The molecule has 1 aliphatic heterocycles. The molecule has 1 N–H and O–H groups in total. The molecule has 1 fully saturated rings. The smallest absolute Gasteiger partial charge is 0.306 e. The average molecular weight is 411 g/mol. The molecule has 0 aromatic heterocycles. The Labute approximate surface area is 162 Å². The predicted molar refractivity (Wildman–Crippen MR) is 100 cm³/mol. The molecule has 27 heavy (non-hydrogen) atoms. The van der Waals surface area contributed by atoms with Crippen molar-refractivity contribution >= 4 is 27.4 Å². The standard InChI is InChI=1S/C19H19ClO6S/c20-14-1-3-15(4-2-14)26-16-5-7-18(8-6-16)27(23,24)12-17-11-13(19(21)22)9-10-25-17/h1-8,13,17H,9-12H2,(H,21,22). The topological polar surface area (TPSA) is 89.9 Å². The van der Waals surface area contributed by atoms with E-state index in [1.807, 2.05) is 0 Å². The molecule has 6 nitrogen and oxygen atoms in total. The Morgan fingerprint density at radius 2 is 1.70 bits per heavy atom. The molecule has 2 unspecified atom stereocenters. The van der Waals surface area contributed by atoms with Gasteiger partial charge in [0, 0.05) is 11.6 Å². The number of hydrogen-bond acceptors (Lipinski definition) is 5. The minimum absolute atomic E-state index is 0.145. The van der Waals surface area contributed by atoms with E-state index in [1.54, 1.807) is 36.4 Å². The summed E-state index contributed by atoms with van der Waals surface area (Å²) >= 11 is 5.83. The second kappa shape index (κ2) is 8.29. The maximum atomic E-state index is 12.6. The van der Waals surface area contributed by atoms with Crippen molar-refractivity contribution < 1.29 is 27.8 Å². The van der Waals surface area contributed by atoms with Gasteiger partial charge in [-0.1, -0.05) is 11.6 Å². The molecule has 2 atom stereocenters. The number of hydrogen-bond donors (Lipinski definition) is 1. The molecule has 0 saturated carbocycles. The summed E-state index contributed by atoms with van der Waals surface area (Å²) in [7, 11) is -3.60. The van der Waals surface area contributed by atoms with Crippen LogP contribution in [-0.2, 0) is 19.4 Å². The normalized spacial score (nSPS) is 20.2. The summed E-state index contributed by atoms with van der Waals surface area (Å²) in [6.45, 7) is 0.255. The zero-order valence-electron chi connectivity index (χ0n) is 14.4. The van der Waals surface area contributed by atoms with E-state index in [0.29, 0.717) is 22.9 Å². The Morgan fingerprint density at radius 3 is 2.30 bits per heavy atom. The van der Waals surface area contributed by atoms with Crippen molar-refractivity contribution in [1.29, 1.82) is 0 Å². The highest BCUT2D eigenvalue weighted by Crippen LogP contribution is 2.27. The lowest BCUT2D eigenvalue weighted by molar-refractivity contribution is -0.146. The van der Waals surface area contributed by atoms with Crippen molar-refractivity contribution in [2.45, 2.75) is 23.8 Å². The van der Waals surface area contributed by atoms with Crippen molar-refractivity contribution in [3.63, 3.8) is 0 Å². The molecule has 0 amide bonds. The molecule has 1 saturated heterocycles. The summed E-state index contributed by atoms with van der Waals surface area (Å²) in [6.07, 6.45) is -0.00979. The fourth-order valence-electron chi connectivity index (χ4n) is 2.92. The van der Waals surface area contributed by atoms with Gasteiger partial charge >= 0.3 is 5.97 Å². The number of carbonyl (C=O) groups is 1. The third-order valence-corrected chi connectivity index (χ3v) is 6.41. The molecule has 2 aromatic carbocycles. The lowest BCUT2D eigenvalue weighted by Crippen LogP contribution is -2.34. The van der Waals surface area contributed by atoms with Gasteiger partial charge in [0.25, 0.3) is 0 Å². The van der Waals surface area contributed by atoms with Crippen molar-refractivity contribution in [3.8, 4) is 11.5 Å². The molecular weight excluding hydrogens is 392 g/mol. The monoisotopic (exact) mass is 410 g/mol. The SMILES string of the molecule is O=C(O)C1CCOC(CS(=O)(=O)c2ccc(Oc3ccc(Cl)cc3)cc2)C1. The van der Waals surface area contributed by atoms with Crippen LogP contribution in [0.4, 0.5) is 0 Å². The minimum Gasteiger partial charge on any atom is -0.481 e. The Hall–Kier alpha value is -2.09. The Bertz CT molecular complexity index is 893. The highest BCUT2D eigenvalue weighted by molar-refractivity contribution is 7.91. The number of halogens is 1. The minimum atomic E-state index is -3.60. The van der Waals surface area contributed by atoms with Crippen LogP contribution in [0.1, 0.15) is 12.8 Å². The third kappa shape index (κ3) is 5.22. The van der Waals surface area contributed by atoms with Gasteiger partial charge in [0.2, 0.25) is 0 Å². The van der Waals surface area contributed by atoms with Crippen LogP contribution >= 0.6 is 11.6 Å². The average Bonchev–Trinajstić information content (AvgIpc) is 2.64. The lowest BCUT2D eigenvalue weighted by atomic mass is 9.97. The van der Waals surface area contributed by atoms with E-state index in [0.717, 1.165) is 0 Å². The summed E-state index contributed by atoms with van der Waals surface area (Å²) < 4.78 is 36.3. The Kier molecular flexibility index (Phi) is 6.04. The number of benzene rings is 2. The Morgan fingerprint density at radius 1 is 1.11 bits per heavy atom. The van der Waals surface area contributed by atoms with Crippen LogP contribution in [0.2, 0.25) is 5.02 Å². The summed E-state index contributed by atoms with van der Waals surface area (Å²) in [5.41, 5.74) is 0. The number of sulfone groups is 1. The zero-order valence-corrected chi connectivity index (χ0v) is 15.9. The molecule has 1 aliphatic rings. The number of rotatable bonds is 6. The summed E-state index contributed by atoms with van der Waals surface area (Å²) in [4.78, 5) is 11.3. The molecule has 8 heteroatoms. The van der Waals surface area contributed by atoms with Crippen LogP contribution < -0.4 is 4.74 Å². The maximum Gasteiger partial charge on any atom is 0.306 e. The van der Waals surface area contributed by atoms with Gasteiger partial charge in [0.15, 0.2) is 9.84 Å². The maximum absolute atomic E-state index is 12.6. The molecular formula is C19H19ClO6S. The van der Waals surface area contributed by atoms with Crippen LogP contribution in [-0.4, -0.2) is 38.0 Å². The van der Waals surface area contributed by atoms with Gasteiger partial charge in [-0.25, -0.2) is 8.42 Å². The van der Waals surface area contributed by atoms with Crippen LogP contribution in [0.25, 0.3) is 0 Å². The largest absolute Gasteiger partial charge is 0.481 e. The van der Waals surface area contributed by atoms with Gasteiger partial charge in [0.05, 0.1) is 22.7 Å². The molecule has 0 bridgehead atoms. The van der Waals surface area contributed by atoms with Crippen LogP contribution in [0.5, 0.6) is 11.5 Å². The van der Waals surface area contributed by atoms with Crippen molar-refractivity contribution in [2.75, 3.05) is 12.4 Å². The highest BCUT2D eigenvalue weighted by Gasteiger charge is 2.31. The molecule has 1 heterocycles. The van der Waals surface area contributed by atoms with Gasteiger partial charge in [-0.15, -0.1) is 0 Å². The fraction of sp³-hybridized carbons (Fsp3) is 0.316. The summed E-state index contributed by atoms with van der Waals surface area (Å²) in [6, 6.07) is 12.9. The molecule has 144 valence electrons. The Balaban J connectivity index is 1.66. The van der Waals surface area contributed by atoms with Crippen LogP contribution in [0, 0.1) is 5.92 Å². The first-order valence-corrected chi connectivity index (χ1v) is 10.5. The first kappa shape index (κ1) is 19.7. The first-order valence-electron chi connectivity index (χ1n) is 8.44. The summed E-state index contributed by atoms with van der Waals surface area (Å²) in [5, 5.41) is 9.71. The second-order valence-corrected chi connectivity index (χ2v) is 8.83. The van der Waals surface area contributed by atoms with E-state index >= 15 is 0 Å². The van der Waals surface area contributed by atoms with E-state index in [4.69, 9.17) is 26.2 Å². The van der Waals surface area contributed by atoms with E-state index in [1.165, 1.54) is 12.1 Å². The van der Waals surface area contributed by atoms with Crippen molar-refractivity contribution in [3.05, 3.63) is 53.6 Å². The van der Waals surface area contributed by atoms with E-state index in [-0.39, 0.29) is 23.7 Å². The van der Waals surface area contributed by atoms with Gasteiger partial charge < -0.3 is 14.6 Å². The van der Waals surface area contributed by atoms with Crippen molar-refractivity contribution in [2.24, 2.45) is 5.92 Å². The summed E-state index contributed by atoms with van der Waals surface area (Å²) in [5.74, 6) is -0.631. The fourth-order valence-corrected chi connectivity index (χ4v) is 4.51. The van der Waals surface area contributed by atoms with Gasteiger partial charge in [-0.05, 0) is 61.4 Å². The molecule has 2 aromatic rings. The lowest BCUT2D eigenvalue weighted by Gasteiger charge is -2.27. The van der Waals surface area contributed by atoms with Crippen LogP contribution in [0.15, 0.2) is 53.4 Å². The predicted octanol–water partition coefficient (Wildman–Crippen LogP) is 3.79. The number of ether oxygens (including phenoxy) is 2. The van der Waals surface area contributed by atoms with Gasteiger partial charge in [0.1, 0.15) is 11.5 Å². The quantitative estimate of drug-likeness (QED) is 0.779. The van der Waals surface area contributed by atoms with E-state index in [9.17, 15) is 13.2 Å². The zero-order chi connectivity index (χ0) is 19.4. The first-order chi connectivity index (χ1) is 12.8. The van der Waals surface area contributed by atoms with E-state index < -0.39 is 27.8 Å². The molecule has 3 rings (SSSR count).